The van der Waals surface area contributed by atoms with E-state index in [-0.39, 0.29) is 28.4 Å². The summed E-state index contributed by atoms with van der Waals surface area (Å²) >= 11 is 0. The van der Waals surface area contributed by atoms with E-state index >= 15 is 0 Å². The lowest BCUT2D eigenvalue weighted by Crippen LogP contribution is -1.97. The highest BCUT2D eigenvalue weighted by molar-refractivity contribution is 5.72. The lowest BCUT2D eigenvalue weighted by Gasteiger charge is -2.10. The summed E-state index contributed by atoms with van der Waals surface area (Å²) in [7, 11) is 0. The van der Waals surface area contributed by atoms with E-state index in [1.54, 1.807) is 31.2 Å². The smallest absolute Gasteiger partial charge is 0.167 e. The van der Waals surface area contributed by atoms with Crippen LogP contribution < -0.4 is 4.74 Å². The Morgan fingerprint density at radius 2 is 1.18 bits per heavy atom. The molecule has 0 heterocycles. The van der Waals surface area contributed by atoms with Crippen LogP contribution in [-0.4, -0.2) is 11.7 Å². The average Bonchev–Trinajstić information content (AvgIpc) is 2.82. The Bertz CT molecular complexity index is 1250. The van der Waals surface area contributed by atoms with Gasteiger partial charge < -0.3 is 9.84 Å². The first-order valence-corrected chi connectivity index (χ1v) is 10.7. The molecule has 0 radical (unpaired) electrons. The van der Waals surface area contributed by atoms with E-state index in [1.807, 2.05) is 18.2 Å². The van der Waals surface area contributed by atoms with Crippen LogP contribution in [0, 0.1) is 17.5 Å². The summed E-state index contributed by atoms with van der Waals surface area (Å²) in [6, 6.07) is 21.2. The summed E-state index contributed by atoms with van der Waals surface area (Å²) in [4.78, 5) is 0. The standard InChI is InChI=1S/C28H23F3O2/c1-2-33-26-16-7-19(17-25(26)29)4-3-18-5-8-20(9-6-18)23-14-15-24(28(31)27(23)30)21-10-12-22(32)13-11-21/h5-17,32H,2-4H2,1H3. The Hall–Kier alpha value is -3.73. The maximum Gasteiger partial charge on any atom is 0.167 e. The highest BCUT2D eigenvalue weighted by Crippen LogP contribution is 2.32. The van der Waals surface area contributed by atoms with Crippen molar-refractivity contribution in [2.75, 3.05) is 6.61 Å². The van der Waals surface area contributed by atoms with E-state index in [9.17, 15) is 18.3 Å². The molecule has 4 rings (SSSR count). The van der Waals surface area contributed by atoms with E-state index < -0.39 is 11.6 Å². The monoisotopic (exact) mass is 448 g/mol. The Balaban J connectivity index is 1.48. The van der Waals surface area contributed by atoms with Gasteiger partial charge in [-0.3, -0.25) is 0 Å². The van der Waals surface area contributed by atoms with E-state index in [0.717, 1.165) is 11.1 Å². The number of rotatable bonds is 7. The molecule has 0 bridgehead atoms. The summed E-state index contributed by atoms with van der Waals surface area (Å²) in [6.45, 7) is 2.22. The first kappa shape index (κ1) is 22.5. The minimum atomic E-state index is -0.931. The lowest BCUT2D eigenvalue weighted by atomic mass is 9.97. The minimum absolute atomic E-state index is 0.0593. The van der Waals surface area contributed by atoms with Crippen molar-refractivity contribution in [1.29, 1.82) is 0 Å². The Labute approximate surface area is 190 Å². The van der Waals surface area contributed by atoms with Crippen molar-refractivity contribution < 1.29 is 23.0 Å². The molecule has 0 atom stereocenters. The first-order valence-electron chi connectivity index (χ1n) is 10.7. The van der Waals surface area contributed by atoms with Crippen molar-refractivity contribution in [3.8, 4) is 33.8 Å². The summed E-state index contributed by atoms with van der Waals surface area (Å²) in [6.07, 6.45) is 1.33. The van der Waals surface area contributed by atoms with Crippen molar-refractivity contribution in [2.24, 2.45) is 0 Å². The molecule has 2 nitrogen and oxygen atoms in total. The van der Waals surface area contributed by atoms with Crippen molar-refractivity contribution >= 4 is 0 Å². The van der Waals surface area contributed by atoms with E-state index in [2.05, 4.69) is 0 Å². The predicted molar refractivity (Wildman–Crippen MR) is 124 cm³/mol. The summed E-state index contributed by atoms with van der Waals surface area (Å²) in [5, 5.41) is 9.40. The maximum absolute atomic E-state index is 14.8. The molecule has 4 aromatic rings. The van der Waals surface area contributed by atoms with Gasteiger partial charge in [0, 0.05) is 11.1 Å². The fourth-order valence-corrected chi connectivity index (χ4v) is 3.75. The fraction of sp³-hybridized carbons (Fsp3) is 0.143. The molecule has 5 heteroatoms. The molecule has 0 aromatic heterocycles. The van der Waals surface area contributed by atoms with Crippen LogP contribution in [0.1, 0.15) is 18.1 Å². The summed E-state index contributed by atoms with van der Waals surface area (Å²) < 4.78 is 48.8. The second-order valence-electron chi connectivity index (χ2n) is 7.73. The predicted octanol–water partition coefficient (Wildman–Crippen LogP) is 7.33. The van der Waals surface area contributed by atoms with Crippen molar-refractivity contribution in [3.63, 3.8) is 0 Å². The zero-order valence-corrected chi connectivity index (χ0v) is 18.1. The molecule has 0 aliphatic heterocycles. The number of benzene rings is 4. The van der Waals surface area contributed by atoms with Crippen LogP contribution in [0.5, 0.6) is 11.5 Å². The highest BCUT2D eigenvalue weighted by Gasteiger charge is 2.16. The Kier molecular flexibility index (Phi) is 6.68. The van der Waals surface area contributed by atoms with E-state index in [1.165, 1.54) is 36.4 Å². The molecule has 0 spiro atoms. The zero-order chi connectivity index (χ0) is 23.4. The van der Waals surface area contributed by atoms with Crippen LogP contribution in [0.25, 0.3) is 22.3 Å². The molecule has 4 aromatic carbocycles. The lowest BCUT2D eigenvalue weighted by molar-refractivity contribution is 0.321. The van der Waals surface area contributed by atoms with Gasteiger partial charge >= 0.3 is 0 Å². The summed E-state index contributed by atoms with van der Waals surface area (Å²) in [5.74, 6) is -1.92. The van der Waals surface area contributed by atoms with E-state index in [0.29, 0.717) is 30.6 Å². The fourth-order valence-electron chi connectivity index (χ4n) is 3.75. The number of halogens is 3. The summed E-state index contributed by atoms with van der Waals surface area (Å²) in [5.41, 5.74) is 3.23. The van der Waals surface area contributed by atoms with Crippen LogP contribution in [-0.2, 0) is 12.8 Å². The molecule has 1 N–H and O–H groups in total. The third-order valence-electron chi connectivity index (χ3n) is 5.52. The molecule has 0 saturated heterocycles. The third-order valence-corrected chi connectivity index (χ3v) is 5.52. The van der Waals surface area contributed by atoms with Gasteiger partial charge in [-0.2, -0.15) is 0 Å². The topological polar surface area (TPSA) is 29.5 Å². The number of hydrogen-bond acceptors (Lipinski definition) is 2. The quantitative estimate of drug-likeness (QED) is 0.321. The van der Waals surface area contributed by atoms with Crippen LogP contribution in [0.3, 0.4) is 0 Å². The molecule has 0 amide bonds. The van der Waals surface area contributed by atoms with Crippen molar-refractivity contribution in [2.45, 2.75) is 19.8 Å². The van der Waals surface area contributed by atoms with Crippen molar-refractivity contribution in [3.05, 3.63) is 107 Å². The normalized spacial score (nSPS) is 10.9. The number of phenolic OH excluding ortho intramolecular Hbond substituents is 1. The number of ether oxygens (including phenoxy) is 1. The second kappa shape index (κ2) is 9.82. The second-order valence-corrected chi connectivity index (χ2v) is 7.73. The molecule has 0 saturated carbocycles. The van der Waals surface area contributed by atoms with Gasteiger partial charge in [-0.05, 0) is 66.3 Å². The number of phenols is 1. The van der Waals surface area contributed by atoms with Gasteiger partial charge in [0.2, 0.25) is 0 Å². The van der Waals surface area contributed by atoms with Gasteiger partial charge in [-0.25, -0.2) is 13.2 Å². The number of hydrogen-bond donors (Lipinski definition) is 1. The average molecular weight is 448 g/mol. The van der Waals surface area contributed by atoms with Gasteiger partial charge in [0.15, 0.2) is 23.2 Å². The molecule has 0 unspecified atom stereocenters. The highest BCUT2D eigenvalue weighted by atomic mass is 19.2. The molecule has 0 aliphatic rings. The van der Waals surface area contributed by atoms with E-state index in [4.69, 9.17) is 4.74 Å². The molecular weight excluding hydrogens is 425 g/mol. The van der Waals surface area contributed by atoms with Crippen molar-refractivity contribution in [1.82, 2.24) is 0 Å². The van der Waals surface area contributed by atoms with Crippen LogP contribution in [0.4, 0.5) is 13.2 Å². The van der Waals surface area contributed by atoms with Crippen LogP contribution >= 0.6 is 0 Å². The third kappa shape index (κ3) is 5.03. The van der Waals surface area contributed by atoms with Gasteiger partial charge in [-0.1, -0.05) is 54.6 Å². The minimum Gasteiger partial charge on any atom is -0.508 e. The first-order chi connectivity index (χ1) is 16.0. The zero-order valence-electron chi connectivity index (χ0n) is 18.1. The molecule has 168 valence electrons. The van der Waals surface area contributed by atoms with Crippen LogP contribution in [0.2, 0.25) is 0 Å². The molecule has 33 heavy (non-hydrogen) atoms. The van der Waals surface area contributed by atoms with Gasteiger partial charge in [-0.15, -0.1) is 0 Å². The van der Waals surface area contributed by atoms with Gasteiger partial charge in [0.25, 0.3) is 0 Å². The Morgan fingerprint density at radius 3 is 1.73 bits per heavy atom. The van der Waals surface area contributed by atoms with Gasteiger partial charge in [0.05, 0.1) is 6.61 Å². The van der Waals surface area contributed by atoms with Crippen LogP contribution in [0.15, 0.2) is 78.9 Å². The molecule has 0 fully saturated rings. The number of aryl methyl sites for hydroxylation is 2. The SMILES string of the molecule is CCOc1ccc(CCc2ccc(-c3ccc(-c4ccc(O)cc4)c(F)c3F)cc2)cc1F. The molecular formula is C28H23F3O2. The molecule has 0 aliphatic carbocycles. The Morgan fingerprint density at radius 1 is 0.667 bits per heavy atom. The number of aromatic hydroxyl groups is 1. The van der Waals surface area contributed by atoms with Gasteiger partial charge in [0.1, 0.15) is 5.75 Å². The maximum atomic E-state index is 14.8. The largest absolute Gasteiger partial charge is 0.508 e.